The molecule has 1 aliphatic heterocycles. The SMILES string of the molecule is [CH]1OC2CCC1C2. The van der Waals surface area contributed by atoms with E-state index >= 15 is 0 Å². The van der Waals surface area contributed by atoms with E-state index in [1.807, 2.05) is 6.61 Å². The van der Waals surface area contributed by atoms with Crippen LogP contribution in [0.25, 0.3) is 0 Å². The Labute approximate surface area is 43.7 Å². The largest absolute Gasteiger partial charge is 0.372 e. The van der Waals surface area contributed by atoms with Crippen LogP contribution in [0.5, 0.6) is 0 Å². The highest BCUT2D eigenvalue weighted by atomic mass is 16.5. The first-order chi connectivity index (χ1) is 3.45. The van der Waals surface area contributed by atoms with Crippen LogP contribution in [0.2, 0.25) is 0 Å². The van der Waals surface area contributed by atoms with Gasteiger partial charge < -0.3 is 4.74 Å². The van der Waals surface area contributed by atoms with E-state index in [0.29, 0.717) is 6.10 Å². The van der Waals surface area contributed by atoms with Crippen LogP contribution >= 0.6 is 0 Å². The van der Waals surface area contributed by atoms with Crippen molar-refractivity contribution >= 4 is 0 Å². The van der Waals surface area contributed by atoms with E-state index < -0.39 is 0 Å². The van der Waals surface area contributed by atoms with Gasteiger partial charge in [0.25, 0.3) is 0 Å². The van der Waals surface area contributed by atoms with Gasteiger partial charge >= 0.3 is 0 Å². The molecular formula is C6H9O. The molecule has 0 aromatic carbocycles. The van der Waals surface area contributed by atoms with Gasteiger partial charge in [0, 0.05) is 0 Å². The highest BCUT2D eigenvalue weighted by molar-refractivity contribution is 4.88. The highest BCUT2D eigenvalue weighted by Crippen LogP contribution is 2.37. The predicted molar refractivity (Wildman–Crippen MR) is 26.5 cm³/mol. The van der Waals surface area contributed by atoms with Gasteiger partial charge in [0.2, 0.25) is 0 Å². The van der Waals surface area contributed by atoms with E-state index in [-0.39, 0.29) is 0 Å². The maximum absolute atomic E-state index is 5.23. The van der Waals surface area contributed by atoms with Crippen LogP contribution in [-0.2, 0) is 4.74 Å². The van der Waals surface area contributed by atoms with Gasteiger partial charge in [-0.25, -0.2) is 0 Å². The molecule has 2 rings (SSSR count). The summed E-state index contributed by atoms with van der Waals surface area (Å²) in [4.78, 5) is 0. The lowest BCUT2D eigenvalue weighted by Crippen LogP contribution is -2.01. The second-order valence-electron chi connectivity index (χ2n) is 2.47. The Kier molecular flexibility index (Phi) is 0.680. The molecule has 2 fully saturated rings. The lowest BCUT2D eigenvalue weighted by atomic mass is 10.1. The minimum absolute atomic E-state index is 0.616. The summed E-state index contributed by atoms with van der Waals surface area (Å²) in [6.45, 7) is 2.01. The summed E-state index contributed by atoms with van der Waals surface area (Å²) in [6, 6.07) is 0. The summed E-state index contributed by atoms with van der Waals surface area (Å²) in [7, 11) is 0. The summed E-state index contributed by atoms with van der Waals surface area (Å²) in [5.41, 5.74) is 0. The van der Waals surface area contributed by atoms with Crippen molar-refractivity contribution in [3.63, 3.8) is 0 Å². The van der Waals surface area contributed by atoms with Gasteiger partial charge in [-0.05, 0) is 25.2 Å². The minimum Gasteiger partial charge on any atom is -0.372 e. The fourth-order valence-electron chi connectivity index (χ4n) is 1.44. The molecule has 0 N–H and O–H groups in total. The molecule has 2 bridgehead atoms. The first kappa shape index (κ1) is 3.90. The van der Waals surface area contributed by atoms with Crippen LogP contribution < -0.4 is 0 Å². The van der Waals surface area contributed by atoms with Crippen molar-refractivity contribution in [3.05, 3.63) is 6.61 Å². The normalized spacial score (nSPS) is 48.0. The monoisotopic (exact) mass is 97.1 g/mol. The van der Waals surface area contributed by atoms with Gasteiger partial charge in [0.15, 0.2) is 0 Å². The Morgan fingerprint density at radius 1 is 1.43 bits per heavy atom. The van der Waals surface area contributed by atoms with Crippen molar-refractivity contribution in [3.8, 4) is 0 Å². The number of rotatable bonds is 0. The highest BCUT2D eigenvalue weighted by Gasteiger charge is 2.32. The van der Waals surface area contributed by atoms with Crippen molar-refractivity contribution in [1.29, 1.82) is 0 Å². The van der Waals surface area contributed by atoms with Gasteiger partial charge in [-0.2, -0.15) is 0 Å². The zero-order valence-electron chi connectivity index (χ0n) is 4.26. The molecule has 1 heterocycles. The van der Waals surface area contributed by atoms with Crippen molar-refractivity contribution in [2.24, 2.45) is 5.92 Å². The molecule has 0 amide bonds. The maximum atomic E-state index is 5.23. The van der Waals surface area contributed by atoms with Crippen LogP contribution in [0.3, 0.4) is 0 Å². The number of fused-ring (bicyclic) bond motifs is 2. The smallest absolute Gasteiger partial charge is 0.0872 e. The second-order valence-corrected chi connectivity index (χ2v) is 2.47. The minimum atomic E-state index is 0.616. The van der Waals surface area contributed by atoms with Crippen molar-refractivity contribution in [2.75, 3.05) is 0 Å². The molecular weight excluding hydrogens is 88.1 g/mol. The molecule has 2 unspecified atom stereocenters. The predicted octanol–water partition coefficient (Wildman–Crippen LogP) is 1.35. The van der Waals surface area contributed by atoms with Crippen molar-refractivity contribution < 1.29 is 4.74 Å². The van der Waals surface area contributed by atoms with Crippen molar-refractivity contribution in [1.82, 2.24) is 0 Å². The van der Waals surface area contributed by atoms with E-state index in [2.05, 4.69) is 0 Å². The van der Waals surface area contributed by atoms with E-state index in [1.165, 1.54) is 19.3 Å². The van der Waals surface area contributed by atoms with E-state index in [1.54, 1.807) is 0 Å². The molecule has 7 heavy (non-hydrogen) atoms. The topological polar surface area (TPSA) is 9.23 Å². The molecule has 1 radical (unpaired) electrons. The summed E-state index contributed by atoms with van der Waals surface area (Å²) in [6.07, 6.45) is 4.61. The zero-order valence-corrected chi connectivity index (χ0v) is 4.26. The molecule has 1 aliphatic carbocycles. The molecule has 1 saturated carbocycles. The molecule has 0 aromatic heterocycles. The third-order valence-electron chi connectivity index (χ3n) is 1.89. The van der Waals surface area contributed by atoms with Gasteiger partial charge in [0.05, 0.1) is 12.7 Å². The Bertz CT molecular complexity index is 62.2. The molecule has 1 nitrogen and oxygen atoms in total. The lowest BCUT2D eigenvalue weighted by molar-refractivity contribution is 0.128. The Morgan fingerprint density at radius 2 is 2.43 bits per heavy atom. The number of hydrogen-bond acceptors (Lipinski definition) is 1. The van der Waals surface area contributed by atoms with Crippen LogP contribution in [0, 0.1) is 12.5 Å². The Morgan fingerprint density at radius 3 is 2.57 bits per heavy atom. The van der Waals surface area contributed by atoms with Crippen LogP contribution in [0.15, 0.2) is 0 Å². The third kappa shape index (κ3) is 0.480. The zero-order chi connectivity index (χ0) is 4.69. The lowest BCUT2D eigenvalue weighted by Gasteiger charge is -2.06. The van der Waals surface area contributed by atoms with Gasteiger partial charge in [0.1, 0.15) is 0 Å². The number of ether oxygens (including phenoxy) is 1. The molecule has 2 aliphatic rings. The molecule has 0 spiro atoms. The molecule has 0 aromatic rings. The molecule has 1 saturated heterocycles. The van der Waals surface area contributed by atoms with Crippen molar-refractivity contribution in [2.45, 2.75) is 25.4 Å². The Balaban J connectivity index is 2.12. The quantitative estimate of drug-likeness (QED) is 0.443. The van der Waals surface area contributed by atoms with E-state index in [4.69, 9.17) is 4.74 Å². The first-order valence-corrected chi connectivity index (χ1v) is 2.94. The summed E-state index contributed by atoms with van der Waals surface area (Å²) in [5.74, 6) is 0.824. The van der Waals surface area contributed by atoms with Gasteiger partial charge in [-0.15, -0.1) is 0 Å². The fraction of sp³-hybridized carbons (Fsp3) is 0.833. The third-order valence-corrected chi connectivity index (χ3v) is 1.89. The molecule has 1 heteroatoms. The fourth-order valence-corrected chi connectivity index (χ4v) is 1.44. The maximum Gasteiger partial charge on any atom is 0.0872 e. The van der Waals surface area contributed by atoms with E-state index in [9.17, 15) is 0 Å². The van der Waals surface area contributed by atoms with Crippen LogP contribution in [0.1, 0.15) is 19.3 Å². The van der Waals surface area contributed by atoms with Gasteiger partial charge in [-0.1, -0.05) is 0 Å². The summed E-state index contributed by atoms with van der Waals surface area (Å²) >= 11 is 0. The summed E-state index contributed by atoms with van der Waals surface area (Å²) in [5, 5.41) is 0. The summed E-state index contributed by atoms with van der Waals surface area (Å²) < 4.78 is 5.23. The first-order valence-electron chi connectivity index (χ1n) is 2.94. The average Bonchev–Trinajstić information content (AvgIpc) is 2.22. The number of hydrogen-bond donors (Lipinski definition) is 0. The van der Waals surface area contributed by atoms with Gasteiger partial charge in [-0.3, -0.25) is 0 Å². The van der Waals surface area contributed by atoms with Crippen LogP contribution in [-0.4, -0.2) is 6.10 Å². The molecule has 2 atom stereocenters. The standard InChI is InChI=1S/C6H9O/c1-2-6-3-5(1)4-7-6/h4-6H,1-3H2. The average molecular weight is 97.1 g/mol. The van der Waals surface area contributed by atoms with E-state index in [0.717, 1.165) is 5.92 Å². The second kappa shape index (κ2) is 1.22. The Hall–Kier alpha value is -0.0400. The molecule has 39 valence electrons. The van der Waals surface area contributed by atoms with Crippen LogP contribution in [0.4, 0.5) is 0 Å².